The minimum absolute atomic E-state index is 0.0435. The molecule has 2 aromatic heterocycles. The maximum atomic E-state index is 12.1. The fraction of sp³-hybridized carbons (Fsp3) is 0.350. The smallest absolute Gasteiger partial charge is 0.230 e. The molecule has 148 valence electrons. The number of amides is 1. The van der Waals surface area contributed by atoms with E-state index in [9.17, 15) is 4.79 Å². The zero-order valence-electron chi connectivity index (χ0n) is 15.9. The Balaban J connectivity index is 1.41. The molecule has 1 N–H and O–H groups in total. The van der Waals surface area contributed by atoms with Crippen molar-refractivity contribution < 1.29 is 14.3 Å². The van der Waals surface area contributed by atoms with Crippen molar-refractivity contribution in [2.45, 2.75) is 25.3 Å². The van der Waals surface area contributed by atoms with Crippen LogP contribution in [-0.4, -0.2) is 41.4 Å². The van der Waals surface area contributed by atoms with E-state index in [0.717, 1.165) is 33.2 Å². The van der Waals surface area contributed by atoms with Gasteiger partial charge in [-0.25, -0.2) is 9.97 Å². The van der Waals surface area contributed by atoms with Crippen LogP contribution in [0.4, 0.5) is 0 Å². The zero-order valence-corrected chi connectivity index (χ0v) is 17.6. The predicted molar refractivity (Wildman–Crippen MR) is 114 cm³/mol. The molecule has 1 aromatic carbocycles. The number of nitrogens with zero attached hydrogens (tertiary/aromatic N) is 2. The Morgan fingerprint density at radius 3 is 2.61 bits per heavy atom. The third-order valence-electron chi connectivity index (χ3n) is 3.86. The molecule has 0 saturated carbocycles. The molecule has 0 aliphatic carbocycles. The molecule has 0 aliphatic heterocycles. The summed E-state index contributed by atoms with van der Waals surface area (Å²) in [4.78, 5) is 23.0. The minimum Gasteiger partial charge on any atom is -0.494 e. The standard InChI is InChI=1S/C20H23N3O3S2/c1-3-16-11-17-19(22-13-23-20(17)28-16)27-12-18(24)21-9-10-26-15-7-5-14(6-8-15)25-4-2/h5-8,11,13H,3-4,9-10,12H2,1-2H3,(H,21,24). The number of carbonyl (C=O) groups is 1. The monoisotopic (exact) mass is 417 g/mol. The average molecular weight is 418 g/mol. The molecule has 3 aromatic rings. The first-order valence-electron chi connectivity index (χ1n) is 9.18. The Morgan fingerprint density at radius 2 is 1.89 bits per heavy atom. The fourth-order valence-electron chi connectivity index (χ4n) is 2.52. The number of ether oxygens (including phenoxy) is 2. The number of hydrogen-bond acceptors (Lipinski definition) is 7. The second-order valence-electron chi connectivity index (χ2n) is 5.86. The molecular weight excluding hydrogens is 394 g/mol. The lowest BCUT2D eigenvalue weighted by molar-refractivity contribution is -0.118. The van der Waals surface area contributed by atoms with Gasteiger partial charge in [0.2, 0.25) is 5.91 Å². The van der Waals surface area contributed by atoms with Crippen LogP contribution < -0.4 is 14.8 Å². The third kappa shape index (κ3) is 5.59. The lowest BCUT2D eigenvalue weighted by atomic mass is 10.3. The van der Waals surface area contributed by atoms with Crippen molar-refractivity contribution in [1.29, 1.82) is 0 Å². The molecule has 0 unspecified atom stereocenters. The van der Waals surface area contributed by atoms with Crippen molar-refractivity contribution in [3.8, 4) is 11.5 Å². The molecule has 2 heterocycles. The lowest BCUT2D eigenvalue weighted by Crippen LogP contribution is -2.29. The number of hydrogen-bond donors (Lipinski definition) is 1. The largest absolute Gasteiger partial charge is 0.494 e. The summed E-state index contributed by atoms with van der Waals surface area (Å²) in [7, 11) is 0. The van der Waals surface area contributed by atoms with E-state index in [2.05, 4.69) is 28.3 Å². The summed E-state index contributed by atoms with van der Waals surface area (Å²) in [5, 5.41) is 4.75. The van der Waals surface area contributed by atoms with Crippen molar-refractivity contribution in [2.24, 2.45) is 0 Å². The van der Waals surface area contributed by atoms with E-state index in [1.54, 1.807) is 17.7 Å². The summed E-state index contributed by atoms with van der Waals surface area (Å²) >= 11 is 3.11. The van der Waals surface area contributed by atoms with Gasteiger partial charge in [-0.1, -0.05) is 18.7 Å². The Kier molecular flexibility index (Phi) is 7.50. The number of nitrogens with one attached hydrogen (secondary N) is 1. The van der Waals surface area contributed by atoms with E-state index < -0.39 is 0 Å². The van der Waals surface area contributed by atoms with Crippen LogP contribution in [0.5, 0.6) is 11.5 Å². The van der Waals surface area contributed by atoms with Gasteiger partial charge in [0.05, 0.1) is 18.9 Å². The van der Waals surface area contributed by atoms with E-state index in [0.29, 0.717) is 25.5 Å². The topological polar surface area (TPSA) is 73.3 Å². The van der Waals surface area contributed by atoms with Gasteiger partial charge in [-0.3, -0.25) is 4.79 Å². The number of aryl methyl sites for hydroxylation is 1. The number of carbonyl (C=O) groups excluding carboxylic acids is 1. The normalized spacial score (nSPS) is 10.8. The highest BCUT2D eigenvalue weighted by atomic mass is 32.2. The molecule has 1 amide bonds. The molecule has 0 aliphatic rings. The summed E-state index contributed by atoms with van der Waals surface area (Å²) in [6, 6.07) is 9.56. The van der Waals surface area contributed by atoms with Crippen LogP contribution in [-0.2, 0) is 11.2 Å². The van der Waals surface area contributed by atoms with Crippen molar-refractivity contribution in [3.63, 3.8) is 0 Å². The maximum Gasteiger partial charge on any atom is 0.230 e. The van der Waals surface area contributed by atoms with Crippen LogP contribution in [0.2, 0.25) is 0 Å². The van der Waals surface area contributed by atoms with Crippen LogP contribution in [0.15, 0.2) is 41.7 Å². The SMILES string of the molecule is CCOc1ccc(OCCNC(=O)CSc2ncnc3sc(CC)cc23)cc1. The first-order valence-corrected chi connectivity index (χ1v) is 11.0. The number of fused-ring (bicyclic) bond motifs is 1. The molecule has 0 saturated heterocycles. The van der Waals surface area contributed by atoms with Crippen molar-refractivity contribution >= 4 is 39.2 Å². The van der Waals surface area contributed by atoms with Gasteiger partial charge in [0.15, 0.2) is 0 Å². The van der Waals surface area contributed by atoms with Gasteiger partial charge in [0, 0.05) is 10.3 Å². The molecule has 0 spiro atoms. The quantitative estimate of drug-likeness (QED) is 0.306. The molecule has 0 bridgehead atoms. The van der Waals surface area contributed by atoms with E-state index in [1.807, 2.05) is 31.2 Å². The Hall–Kier alpha value is -2.32. The highest BCUT2D eigenvalue weighted by molar-refractivity contribution is 8.00. The fourth-order valence-corrected chi connectivity index (χ4v) is 4.32. The highest BCUT2D eigenvalue weighted by Crippen LogP contribution is 2.30. The van der Waals surface area contributed by atoms with Crippen molar-refractivity contribution in [1.82, 2.24) is 15.3 Å². The van der Waals surface area contributed by atoms with E-state index in [1.165, 1.54) is 16.6 Å². The number of aromatic nitrogens is 2. The van der Waals surface area contributed by atoms with Crippen molar-refractivity contribution in [3.05, 3.63) is 41.5 Å². The van der Waals surface area contributed by atoms with Crippen LogP contribution in [0.25, 0.3) is 10.2 Å². The van der Waals surface area contributed by atoms with Crippen LogP contribution >= 0.6 is 23.1 Å². The van der Waals surface area contributed by atoms with Crippen LogP contribution in [0, 0.1) is 0 Å². The Bertz CT molecular complexity index is 913. The zero-order chi connectivity index (χ0) is 19.8. The molecule has 28 heavy (non-hydrogen) atoms. The van der Waals surface area contributed by atoms with E-state index in [-0.39, 0.29) is 5.91 Å². The molecule has 0 atom stereocenters. The summed E-state index contributed by atoms with van der Waals surface area (Å²) in [6.45, 7) is 5.56. The summed E-state index contributed by atoms with van der Waals surface area (Å²) in [6.07, 6.45) is 2.53. The van der Waals surface area contributed by atoms with Crippen molar-refractivity contribution in [2.75, 3.05) is 25.5 Å². The second-order valence-corrected chi connectivity index (χ2v) is 7.93. The average Bonchev–Trinajstić information content (AvgIpc) is 3.15. The number of thiophene rings is 1. The molecule has 0 fully saturated rings. The summed E-state index contributed by atoms with van der Waals surface area (Å²) in [5.41, 5.74) is 0. The molecule has 3 rings (SSSR count). The molecular formula is C20H23N3O3S2. The third-order valence-corrected chi connectivity index (χ3v) is 6.05. The molecule has 0 radical (unpaired) electrons. The first kappa shape index (κ1) is 20.4. The van der Waals surface area contributed by atoms with E-state index >= 15 is 0 Å². The van der Waals surface area contributed by atoms with Crippen LogP contribution in [0.3, 0.4) is 0 Å². The first-order chi connectivity index (χ1) is 13.7. The Morgan fingerprint density at radius 1 is 1.14 bits per heavy atom. The number of thioether (sulfide) groups is 1. The lowest BCUT2D eigenvalue weighted by Gasteiger charge is -2.09. The molecule has 8 heteroatoms. The van der Waals surface area contributed by atoms with Gasteiger partial charge in [-0.2, -0.15) is 0 Å². The minimum atomic E-state index is -0.0435. The maximum absolute atomic E-state index is 12.1. The number of rotatable bonds is 10. The number of benzene rings is 1. The summed E-state index contributed by atoms with van der Waals surface area (Å²) in [5.74, 6) is 1.83. The van der Waals surface area contributed by atoms with Gasteiger partial charge in [0.25, 0.3) is 0 Å². The van der Waals surface area contributed by atoms with Gasteiger partial charge in [0.1, 0.15) is 34.3 Å². The predicted octanol–water partition coefficient (Wildman–Crippen LogP) is 3.94. The van der Waals surface area contributed by atoms with Crippen LogP contribution in [0.1, 0.15) is 18.7 Å². The van der Waals surface area contributed by atoms with Gasteiger partial charge in [-0.05, 0) is 43.7 Å². The van der Waals surface area contributed by atoms with Gasteiger partial charge >= 0.3 is 0 Å². The highest BCUT2D eigenvalue weighted by Gasteiger charge is 2.10. The summed E-state index contributed by atoms with van der Waals surface area (Å²) < 4.78 is 11.0. The Labute approximate surface area is 172 Å². The van der Waals surface area contributed by atoms with Gasteiger partial charge in [-0.15, -0.1) is 11.3 Å². The van der Waals surface area contributed by atoms with Gasteiger partial charge < -0.3 is 14.8 Å². The van der Waals surface area contributed by atoms with E-state index in [4.69, 9.17) is 9.47 Å². The second kappa shape index (κ2) is 10.3. The molecule has 6 nitrogen and oxygen atoms in total.